The van der Waals surface area contributed by atoms with Crippen LogP contribution in [0, 0.1) is 0 Å². The van der Waals surface area contributed by atoms with Crippen molar-refractivity contribution in [1.29, 1.82) is 0 Å². The fraction of sp³-hybridized carbons (Fsp3) is 0.435. The minimum atomic E-state index is -0.641. The molecule has 2 aromatic rings. The predicted octanol–water partition coefficient (Wildman–Crippen LogP) is 4.07. The van der Waals surface area contributed by atoms with Gasteiger partial charge in [0.1, 0.15) is 23.7 Å². The fourth-order valence-electron chi connectivity index (χ4n) is 4.17. The Balaban J connectivity index is 1.38. The second-order valence-electron chi connectivity index (χ2n) is 7.63. The molecule has 154 valence electrons. The van der Waals surface area contributed by atoms with Crippen molar-refractivity contribution in [3.8, 4) is 11.5 Å². The zero-order valence-corrected chi connectivity index (χ0v) is 16.7. The van der Waals surface area contributed by atoms with E-state index in [9.17, 15) is 9.90 Å². The number of amides is 1. The van der Waals surface area contributed by atoms with Gasteiger partial charge in [-0.25, -0.2) is 4.79 Å². The summed E-state index contributed by atoms with van der Waals surface area (Å²) in [5.41, 5.74) is 1.23. The highest BCUT2D eigenvalue weighted by atomic mass is 16.6. The van der Waals surface area contributed by atoms with Crippen molar-refractivity contribution in [2.75, 3.05) is 19.7 Å². The number of fused-ring (bicyclic) bond motifs is 1. The zero-order valence-electron chi connectivity index (χ0n) is 16.7. The second kappa shape index (κ2) is 8.33. The van der Waals surface area contributed by atoms with E-state index in [0.29, 0.717) is 50.5 Å². The van der Waals surface area contributed by atoms with Crippen LogP contribution in [-0.4, -0.2) is 41.4 Å². The number of piperidine rings is 1. The van der Waals surface area contributed by atoms with E-state index >= 15 is 0 Å². The van der Waals surface area contributed by atoms with Crippen LogP contribution < -0.4 is 9.47 Å². The van der Waals surface area contributed by atoms with Gasteiger partial charge in [-0.15, -0.1) is 0 Å². The number of hydrogen-bond acceptors (Lipinski definition) is 5. The van der Waals surface area contributed by atoms with Crippen LogP contribution in [-0.2, 0) is 11.3 Å². The van der Waals surface area contributed by atoms with Crippen LogP contribution in [0.4, 0.5) is 4.79 Å². The molecule has 1 fully saturated rings. The summed E-state index contributed by atoms with van der Waals surface area (Å²) >= 11 is 0. The van der Waals surface area contributed by atoms with Crippen molar-refractivity contribution < 1.29 is 24.1 Å². The number of hydrogen-bond donors (Lipinski definition) is 1. The van der Waals surface area contributed by atoms with Crippen molar-refractivity contribution in [2.24, 2.45) is 0 Å². The lowest BCUT2D eigenvalue weighted by molar-refractivity contribution is -0.0531. The SMILES string of the molecule is CCOc1cccc2c1C(O)CC1(CCN(C(=O)OCc3ccccc3)CC1)O2. The molecule has 29 heavy (non-hydrogen) atoms. The number of rotatable bonds is 4. The molecule has 0 bridgehead atoms. The van der Waals surface area contributed by atoms with Crippen LogP contribution in [0.2, 0.25) is 0 Å². The van der Waals surface area contributed by atoms with Gasteiger partial charge >= 0.3 is 6.09 Å². The molecule has 2 aromatic carbocycles. The molecule has 0 radical (unpaired) electrons. The van der Waals surface area contributed by atoms with Gasteiger partial charge in [-0.2, -0.15) is 0 Å². The molecule has 1 saturated heterocycles. The maximum absolute atomic E-state index is 12.4. The molecule has 0 aromatic heterocycles. The first kappa shape index (κ1) is 19.6. The normalized spacial score (nSPS) is 19.9. The van der Waals surface area contributed by atoms with Gasteiger partial charge in [-0.3, -0.25) is 0 Å². The third-order valence-electron chi connectivity index (χ3n) is 5.69. The Morgan fingerprint density at radius 2 is 1.93 bits per heavy atom. The molecule has 1 spiro atoms. The van der Waals surface area contributed by atoms with E-state index in [0.717, 1.165) is 11.1 Å². The summed E-state index contributed by atoms with van der Waals surface area (Å²) in [6.07, 6.45) is 0.861. The molecule has 2 aliphatic heterocycles. The van der Waals surface area contributed by atoms with E-state index in [1.807, 2.05) is 55.5 Å². The topological polar surface area (TPSA) is 68.2 Å². The molecule has 6 heteroatoms. The lowest BCUT2D eigenvalue weighted by atomic mass is 9.81. The average molecular weight is 397 g/mol. The summed E-state index contributed by atoms with van der Waals surface area (Å²) in [4.78, 5) is 14.1. The van der Waals surface area contributed by atoms with Crippen LogP contribution in [0.3, 0.4) is 0 Å². The van der Waals surface area contributed by atoms with E-state index in [-0.39, 0.29) is 12.7 Å². The van der Waals surface area contributed by atoms with Gasteiger partial charge in [0.2, 0.25) is 0 Å². The van der Waals surface area contributed by atoms with Crippen LogP contribution in [0.1, 0.15) is 43.4 Å². The first-order valence-electron chi connectivity index (χ1n) is 10.2. The summed E-state index contributed by atoms with van der Waals surface area (Å²) in [5, 5.41) is 10.8. The minimum absolute atomic E-state index is 0.268. The maximum atomic E-state index is 12.4. The zero-order chi connectivity index (χ0) is 20.3. The number of ether oxygens (including phenoxy) is 3. The number of benzene rings is 2. The smallest absolute Gasteiger partial charge is 0.410 e. The van der Waals surface area contributed by atoms with Gasteiger partial charge in [0.25, 0.3) is 0 Å². The third-order valence-corrected chi connectivity index (χ3v) is 5.69. The lowest BCUT2D eigenvalue weighted by Gasteiger charge is -2.45. The molecule has 4 rings (SSSR count). The van der Waals surface area contributed by atoms with Crippen LogP contribution in [0.5, 0.6) is 11.5 Å². The number of aliphatic hydroxyl groups excluding tert-OH is 1. The molecule has 0 saturated carbocycles. The number of nitrogens with zero attached hydrogens (tertiary/aromatic N) is 1. The second-order valence-corrected chi connectivity index (χ2v) is 7.63. The predicted molar refractivity (Wildman–Crippen MR) is 108 cm³/mol. The number of aliphatic hydroxyl groups is 1. The molecule has 0 aliphatic carbocycles. The molecule has 1 atom stereocenters. The van der Waals surface area contributed by atoms with Crippen molar-refractivity contribution in [3.63, 3.8) is 0 Å². The summed E-state index contributed by atoms with van der Waals surface area (Å²) in [5.74, 6) is 1.35. The van der Waals surface area contributed by atoms with Crippen molar-refractivity contribution in [1.82, 2.24) is 4.90 Å². The fourth-order valence-corrected chi connectivity index (χ4v) is 4.17. The average Bonchev–Trinajstić information content (AvgIpc) is 2.73. The summed E-state index contributed by atoms with van der Waals surface area (Å²) in [7, 11) is 0. The van der Waals surface area contributed by atoms with Crippen LogP contribution in [0.25, 0.3) is 0 Å². The van der Waals surface area contributed by atoms with E-state index in [1.54, 1.807) is 4.90 Å². The van der Waals surface area contributed by atoms with Crippen molar-refractivity contribution in [3.05, 3.63) is 59.7 Å². The Bertz CT molecular complexity index is 846. The Kier molecular flexibility index (Phi) is 5.62. The molecular weight excluding hydrogens is 370 g/mol. The van der Waals surface area contributed by atoms with Gasteiger partial charge in [0, 0.05) is 32.4 Å². The lowest BCUT2D eigenvalue weighted by Crippen LogP contribution is -2.51. The Morgan fingerprint density at radius 3 is 2.66 bits per heavy atom. The summed E-state index contributed by atoms with van der Waals surface area (Å²) in [6.45, 7) is 3.81. The molecule has 1 unspecified atom stereocenters. The van der Waals surface area contributed by atoms with Gasteiger partial charge in [0.15, 0.2) is 0 Å². The quantitative estimate of drug-likeness (QED) is 0.842. The number of likely N-dealkylation sites (tertiary alicyclic amines) is 1. The van der Waals surface area contributed by atoms with Crippen molar-refractivity contribution in [2.45, 2.75) is 44.5 Å². The Hall–Kier alpha value is -2.73. The molecule has 6 nitrogen and oxygen atoms in total. The molecule has 1 N–H and O–H groups in total. The first-order valence-corrected chi connectivity index (χ1v) is 10.2. The van der Waals surface area contributed by atoms with E-state index < -0.39 is 11.7 Å². The number of carbonyl (C=O) groups excluding carboxylic acids is 1. The highest BCUT2D eigenvalue weighted by Crippen LogP contribution is 2.47. The Morgan fingerprint density at radius 1 is 1.17 bits per heavy atom. The third kappa shape index (κ3) is 4.17. The number of carbonyl (C=O) groups is 1. The summed E-state index contributed by atoms with van der Waals surface area (Å²) < 4.78 is 17.5. The molecular formula is C23H27NO5. The highest BCUT2D eigenvalue weighted by Gasteiger charge is 2.44. The largest absolute Gasteiger partial charge is 0.493 e. The van der Waals surface area contributed by atoms with Crippen LogP contribution in [0.15, 0.2) is 48.5 Å². The van der Waals surface area contributed by atoms with Gasteiger partial charge < -0.3 is 24.2 Å². The molecule has 2 aliphatic rings. The first-order chi connectivity index (χ1) is 14.1. The molecule has 2 heterocycles. The van der Waals surface area contributed by atoms with Gasteiger partial charge in [-0.1, -0.05) is 36.4 Å². The monoisotopic (exact) mass is 397 g/mol. The minimum Gasteiger partial charge on any atom is -0.493 e. The Labute approximate surface area is 171 Å². The van der Waals surface area contributed by atoms with E-state index in [2.05, 4.69) is 0 Å². The van der Waals surface area contributed by atoms with E-state index in [4.69, 9.17) is 14.2 Å². The van der Waals surface area contributed by atoms with Gasteiger partial charge in [-0.05, 0) is 24.6 Å². The molecule has 1 amide bonds. The van der Waals surface area contributed by atoms with E-state index in [1.165, 1.54) is 0 Å². The summed E-state index contributed by atoms with van der Waals surface area (Å²) in [6, 6.07) is 15.3. The van der Waals surface area contributed by atoms with Gasteiger partial charge in [0.05, 0.1) is 18.3 Å². The standard InChI is InChI=1S/C23H27NO5/c1-2-27-19-9-6-10-20-21(19)18(25)15-23(29-20)11-13-24(14-12-23)22(26)28-16-17-7-4-3-5-8-17/h3-10,18,25H,2,11-16H2,1H3. The maximum Gasteiger partial charge on any atom is 0.410 e. The highest BCUT2D eigenvalue weighted by molar-refractivity contribution is 5.67. The van der Waals surface area contributed by atoms with Crippen molar-refractivity contribution >= 4 is 6.09 Å². The van der Waals surface area contributed by atoms with Crippen LogP contribution >= 0.6 is 0 Å².